The van der Waals surface area contributed by atoms with E-state index < -0.39 is 0 Å². The normalized spacial score (nSPS) is 10.1. The fourth-order valence-corrected chi connectivity index (χ4v) is 1.94. The molecule has 0 amide bonds. The van der Waals surface area contributed by atoms with Gasteiger partial charge in [0.1, 0.15) is 5.75 Å². The van der Waals surface area contributed by atoms with Crippen molar-refractivity contribution in [3.8, 4) is 5.75 Å². The summed E-state index contributed by atoms with van der Waals surface area (Å²) in [5, 5.41) is 0. The lowest BCUT2D eigenvalue weighted by Gasteiger charge is -2.12. The maximum atomic E-state index is 5.85. The molecule has 0 saturated heterocycles. The zero-order valence-electron chi connectivity index (χ0n) is 11.7. The number of rotatable bonds is 8. The molecule has 1 nitrogen and oxygen atoms in total. The highest BCUT2D eigenvalue weighted by atomic mass is 16.5. The number of unbranched alkanes of at least 4 members (excludes halogenated alkanes) is 3. The highest BCUT2D eigenvalue weighted by Gasteiger charge is 2.04. The summed E-state index contributed by atoms with van der Waals surface area (Å²) in [5.41, 5.74) is 3.40. The molecule has 0 heterocycles. The van der Waals surface area contributed by atoms with Crippen LogP contribution in [-0.2, 0) is 0 Å². The Morgan fingerprint density at radius 2 is 1.78 bits per heavy atom. The van der Waals surface area contributed by atoms with E-state index in [9.17, 15) is 0 Å². The van der Waals surface area contributed by atoms with E-state index in [2.05, 4.69) is 39.1 Å². The smallest absolute Gasteiger partial charge is 0.127 e. The highest BCUT2D eigenvalue weighted by molar-refractivity contribution is 5.64. The fraction of sp³-hybridized carbons (Fsp3) is 0.412. The number of benzene rings is 1. The Morgan fingerprint density at radius 1 is 1.06 bits per heavy atom. The molecular formula is C17H24O. The molecule has 0 radical (unpaired) electrons. The maximum Gasteiger partial charge on any atom is 0.127 e. The van der Waals surface area contributed by atoms with Crippen LogP contribution in [-0.4, -0.2) is 6.61 Å². The lowest BCUT2D eigenvalue weighted by molar-refractivity contribution is 0.304. The van der Waals surface area contributed by atoms with Crippen molar-refractivity contribution in [2.45, 2.75) is 39.5 Å². The molecule has 0 aliphatic rings. The van der Waals surface area contributed by atoms with Crippen molar-refractivity contribution >= 4 is 12.2 Å². The van der Waals surface area contributed by atoms with E-state index in [-0.39, 0.29) is 0 Å². The Morgan fingerprint density at radius 3 is 2.39 bits per heavy atom. The van der Waals surface area contributed by atoms with E-state index >= 15 is 0 Å². The van der Waals surface area contributed by atoms with Gasteiger partial charge in [-0.3, -0.25) is 0 Å². The van der Waals surface area contributed by atoms with Gasteiger partial charge in [0.05, 0.1) is 6.61 Å². The second-order valence-corrected chi connectivity index (χ2v) is 4.56. The van der Waals surface area contributed by atoms with Crippen LogP contribution < -0.4 is 4.74 Å². The van der Waals surface area contributed by atoms with Gasteiger partial charge in [-0.05, 0) is 36.6 Å². The van der Waals surface area contributed by atoms with Crippen molar-refractivity contribution in [3.63, 3.8) is 0 Å². The summed E-state index contributed by atoms with van der Waals surface area (Å²) < 4.78 is 5.85. The van der Waals surface area contributed by atoms with Crippen LogP contribution in [0.2, 0.25) is 0 Å². The molecule has 0 aliphatic carbocycles. The molecule has 0 fully saturated rings. The van der Waals surface area contributed by atoms with Gasteiger partial charge in [0, 0.05) is 5.56 Å². The molecule has 0 saturated carbocycles. The molecule has 1 rings (SSSR count). The second-order valence-electron chi connectivity index (χ2n) is 4.56. The largest absolute Gasteiger partial charge is 0.493 e. The minimum atomic E-state index is 0.778. The average molecular weight is 244 g/mol. The molecule has 0 atom stereocenters. The third-order valence-corrected chi connectivity index (χ3v) is 3.09. The van der Waals surface area contributed by atoms with Gasteiger partial charge in [-0.25, -0.2) is 0 Å². The summed E-state index contributed by atoms with van der Waals surface area (Å²) in [5.74, 6) is 0.919. The predicted octanol–water partition coefficient (Wildman–Crippen LogP) is 5.24. The Bertz CT molecular complexity index is 404. The minimum Gasteiger partial charge on any atom is -0.493 e. The third kappa shape index (κ3) is 4.06. The Hall–Kier alpha value is -1.50. The van der Waals surface area contributed by atoms with Gasteiger partial charge in [0.15, 0.2) is 0 Å². The molecule has 0 N–H and O–H groups in total. The topological polar surface area (TPSA) is 9.23 Å². The fourth-order valence-electron chi connectivity index (χ4n) is 1.94. The standard InChI is InChI=1S/C17H24O/c1-5-8-9-10-11-18-17-13-15(6-2)14(4)12-16(17)7-3/h6-7,12-13H,2-3,5,8-11H2,1,4H3. The van der Waals surface area contributed by atoms with Crippen molar-refractivity contribution in [3.05, 3.63) is 42.0 Å². The molecule has 18 heavy (non-hydrogen) atoms. The van der Waals surface area contributed by atoms with Crippen molar-refractivity contribution in [1.82, 2.24) is 0 Å². The van der Waals surface area contributed by atoms with Crippen LogP contribution in [0.1, 0.15) is 49.3 Å². The Labute approximate surface area is 111 Å². The SMILES string of the molecule is C=Cc1cc(OCCCCCC)c(C=C)cc1C. The van der Waals surface area contributed by atoms with Gasteiger partial charge in [-0.1, -0.05) is 51.5 Å². The monoisotopic (exact) mass is 244 g/mol. The number of hydrogen-bond acceptors (Lipinski definition) is 1. The van der Waals surface area contributed by atoms with Gasteiger partial charge in [0.2, 0.25) is 0 Å². The van der Waals surface area contributed by atoms with E-state index in [1.54, 1.807) is 0 Å². The van der Waals surface area contributed by atoms with Crippen LogP contribution in [0.15, 0.2) is 25.3 Å². The molecule has 0 aromatic heterocycles. The molecule has 98 valence electrons. The second kappa shape index (κ2) is 7.75. The molecule has 0 unspecified atom stereocenters. The minimum absolute atomic E-state index is 0.778. The molecular weight excluding hydrogens is 220 g/mol. The summed E-state index contributed by atoms with van der Waals surface area (Å²) in [7, 11) is 0. The van der Waals surface area contributed by atoms with Gasteiger partial charge in [0.25, 0.3) is 0 Å². The highest BCUT2D eigenvalue weighted by Crippen LogP contribution is 2.25. The average Bonchev–Trinajstić information content (AvgIpc) is 2.39. The van der Waals surface area contributed by atoms with Crippen molar-refractivity contribution in [2.24, 2.45) is 0 Å². The van der Waals surface area contributed by atoms with Gasteiger partial charge in [-0.15, -0.1) is 0 Å². The first kappa shape index (κ1) is 14.6. The quantitative estimate of drug-likeness (QED) is 0.568. The predicted molar refractivity (Wildman–Crippen MR) is 81.0 cm³/mol. The van der Waals surface area contributed by atoms with E-state index in [0.29, 0.717) is 0 Å². The van der Waals surface area contributed by atoms with Crippen LogP contribution in [0.25, 0.3) is 12.2 Å². The molecule has 1 aromatic carbocycles. The van der Waals surface area contributed by atoms with Gasteiger partial charge >= 0.3 is 0 Å². The van der Waals surface area contributed by atoms with Crippen molar-refractivity contribution in [1.29, 1.82) is 0 Å². The van der Waals surface area contributed by atoms with Crippen molar-refractivity contribution < 1.29 is 4.74 Å². The summed E-state index contributed by atoms with van der Waals surface area (Å²) in [6, 6.07) is 4.16. The lowest BCUT2D eigenvalue weighted by Crippen LogP contribution is -2.00. The molecule has 0 bridgehead atoms. The molecule has 0 spiro atoms. The summed E-state index contributed by atoms with van der Waals surface area (Å²) in [6.07, 6.45) is 8.60. The lowest BCUT2D eigenvalue weighted by atomic mass is 10.0. The van der Waals surface area contributed by atoms with E-state index in [1.165, 1.54) is 24.8 Å². The molecule has 1 aromatic rings. The molecule has 1 heteroatoms. The summed E-state index contributed by atoms with van der Waals surface area (Å²) in [6.45, 7) is 12.7. The zero-order valence-corrected chi connectivity index (χ0v) is 11.7. The maximum absolute atomic E-state index is 5.85. The first-order valence-corrected chi connectivity index (χ1v) is 6.75. The van der Waals surface area contributed by atoms with Crippen LogP contribution >= 0.6 is 0 Å². The number of hydrogen-bond donors (Lipinski definition) is 0. The number of ether oxygens (including phenoxy) is 1. The van der Waals surface area contributed by atoms with E-state index in [1.807, 2.05) is 12.2 Å². The van der Waals surface area contributed by atoms with Crippen LogP contribution in [0.4, 0.5) is 0 Å². The Balaban J connectivity index is 2.68. The van der Waals surface area contributed by atoms with Crippen molar-refractivity contribution in [2.75, 3.05) is 6.61 Å². The summed E-state index contributed by atoms with van der Waals surface area (Å²) in [4.78, 5) is 0. The Kier molecular flexibility index (Phi) is 6.27. The summed E-state index contributed by atoms with van der Waals surface area (Å²) >= 11 is 0. The zero-order chi connectivity index (χ0) is 13.4. The number of aryl methyl sites for hydroxylation is 1. The van der Waals surface area contributed by atoms with Crippen LogP contribution in [0, 0.1) is 6.92 Å². The molecule has 0 aliphatic heterocycles. The van der Waals surface area contributed by atoms with E-state index in [4.69, 9.17) is 4.74 Å². The van der Waals surface area contributed by atoms with Gasteiger partial charge in [-0.2, -0.15) is 0 Å². The first-order valence-electron chi connectivity index (χ1n) is 6.75. The first-order chi connectivity index (χ1) is 8.72. The third-order valence-electron chi connectivity index (χ3n) is 3.09. The van der Waals surface area contributed by atoms with Crippen LogP contribution in [0.3, 0.4) is 0 Å². The van der Waals surface area contributed by atoms with Crippen LogP contribution in [0.5, 0.6) is 5.75 Å². The van der Waals surface area contributed by atoms with Gasteiger partial charge < -0.3 is 4.74 Å². The van der Waals surface area contributed by atoms with E-state index in [0.717, 1.165) is 29.9 Å².